The third kappa shape index (κ3) is 5.21. The zero-order chi connectivity index (χ0) is 21.8. The minimum atomic E-state index is -0.335. The number of aryl methyl sites for hydroxylation is 1. The van der Waals surface area contributed by atoms with Gasteiger partial charge in [0.1, 0.15) is 5.58 Å². The molecule has 2 aromatic carbocycles. The molecule has 0 aliphatic carbocycles. The molecule has 2 amide bonds. The number of carbonyl (C=O) groups excluding carboxylic acids is 2. The van der Waals surface area contributed by atoms with Gasteiger partial charge >= 0.3 is 0 Å². The first-order chi connectivity index (χ1) is 15.0. The second kappa shape index (κ2) is 9.45. The van der Waals surface area contributed by atoms with Crippen LogP contribution in [0.2, 0.25) is 0 Å². The molecule has 31 heavy (non-hydrogen) atoms. The van der Waals surface area contributed by atoms with Crippen LogP contribution in [0.1, 0.15) is 29.5 Å². The summed E-state index contributed by atoms with van der Waals surface area (Å²) in [5.74, 6) is -0.101. The van der Waals surface area contributed by atoms with Crippen LogP contribution in [0.3, 0.4) is 0 Å². The van der Waals surface area contributed by atoms with Crippen molar-refractivity contribution >= 4 is 55.2 Å². The molecule has 0 aliphatic heterocycles. The number of halogens is 1. The highest BCUT2D eigenvalue weighted by atomic mass is 79.9. The molecule has 0 bridgehead atoms. The van der Waals surface area contributed by atoms with E-state index >= 15 is 0 Å². The van der Waals surface area contributed by atoms with E-state index < -0.39 is 0 Å². The lowest BCUT2D eigenvalue weighted by molar-refractivity contribution is -0.118. The fourth-order valence-corrected chi connectivity index (χ4v) is 4.34. The fourth-order valence-electron chi connectivity index (χ4n) is 3.16. The Morgan fingerprint density at radius 2 is 1.97 bits per heavy atom. The summed E-state index contributed by atoms with van der Waals surface area (Å²) in [5.41, 5.74) is 3.63. The number of aromatic nitrogens is 1. The van der Waals surface area contributed by atoms with Crippen molar-refractivity contribution in [2.75, 3.05) is 11.9 Å². The molecule has 8 heteroatoms. The smallest absolute Gasteiger partial charge is 0.293 e. The summed E-state index contributed by atoms with van der Waals surface area (Å²) >= 11 is 4.80. The van der Waals surface area contributed by atoms with Crippen molar-refractivity contribution in [2.45, 2.75) is 19.8 Å². The summed E-state index contributed by atoms with van der Waals surface area (Å²) < 4.78 is 6.49. The average molecular weight is 498 g/mol. The standard InChI is InChI=1S/C23H20BrN3O3S/c1-14(28)25-11-3-4-15-7-9-16(10-8-15)19-13-31-23(26-19)27-22(29)20-12-17-5-2-6-18(24)21(17)30-20/h2,5-10,12-13H,3-4,11H2,1H3,(H,25,28)(H,26,27,29). The normalized spacial score (nSPS) is 10.9. The van der Waals surface area contributed by atoms with Crippen LogP contribution < -0.4 is 10.6 Å². The Morgan fingerprint density at radius 1 is 1.16 bits per heavy atom. The van der Waals surface area contributed by atoms with Gasteiger partial charge in [-0.05, 0) is 46.5 Å². The molecule has 158 valence electrons. The molecule has 0 spiro atoms. The highest BCUT2D eigenvalue weighted by Gasteiger charge is 2.15. The molecule has 0 fully saturated rings. The van der Waals surface area contributed by atoms with E-state index in [-0.39, 0.29) is 17.6 Å². The second-order valence-corrected chi connectivity index (χ2v) is 8.76. The zero-order valence-corrected chi connectivity index (χ0v) is 19.2. The molecule has 0 atom stereocenters. The Hall–Kier alpha value is -2.97. The molecule has 0 radical (unpaired) electrons. The van der Waals surface area contributed by atoms with E-state index in [1.807, 2.05) is 35.7 Å². The van der Waals surface area contributed by atoms with Crippen LogP contribution >= 0.6 is 27.3 Å². The molecule has 0 saturated heterocycles. The van der Waals surface area contributed by atoms with E-state index in [1.54, 1.807) is 6.07 Å². The summed E-state index contributed by atoms with van der Waals surface area (Å²) in [6, 6.07) is 15.5. The van der Waals surface area contributed by atoms with E-state index in [4.69, 9.17) is 4.42 Å². The Balaban J connectivity index is 1.39. The summed E-state index contributed by atoms with van der Waals surface area (Å²) in [5, 5.41) is 8.89. The summed E-state index contributed by atoms with van der Waals surface area (Å²) in [6.45, 7) is 2.20. The lowest BCUT2D eigenvalue weighted by atomic mass is 10.1. The maximum atomic E-state index is 12.6. The molecule has 6 nitrogen and oxygen atoms in total. The number of hydrogen-bond donors (Lipinski definition) is 2. The number of para-hydroxylation sites is 1. The van der Waals surface area contributed by atoms with Crippen molar-refractivity contribution < 1.29 is 14.0 Å². The zero-order valence-electron chi connectivity index (χ0n) is 16.8. The highest BCUT2D eigenvalue weighted by molar-refractivity contribution is 9.10. The van der Waals surface area contributed by atoms with E-state index in [9.17, 15) is 9.59 Å². The molecule has 4 rings (SSSR count). The number of rotatable bonds is 7. The van der Waals surface area contributed by atoms with Crippen LogP contribution in [0.25, 0.3) is 22.2 Å². The summed E-state index contributed by atoms with van der Waals surface area (Å²) in [7, 11) is 0. The Bertz CT molecular complexity index is 1230. The van der Waals surface area contributed by atoms with Crippen LogP contribution in [0.15, 0.2) is 62.8 Å². The van der Waals surface area contributed by atoms with Crippen LogP contribution in [-0.2, 0) is 11.2 Å². The van der Waals surface area contributed by atoms with Gasteiger partial charge in [0.15, 0.2) is 10.9 Å². The second-order valence-electron chi connectivity index (χ2n) is 7.04. The molecular weight excluding hydrogens is 478 g/mol. The molecule has 4 aromatic rings. The minimum absolute atomic E-state index is 0.00466. The van der Waals surface area contributed by atoms with Crippen molar-refractivity contribution in [3.63, 3.8) is 0 Å². The van der Waals surface area contributed by atoms with Crippen molar-refractivity contribution in [2.24, 2.45) is 0 Å². The predicted molar refractivity (Wildman–Crippen MR) is 126 cm³/mol. The number of thiazole rings is 1. The van der Waals surface area contributed by atoms with Crippen molar-refractivity contribution in [3.8, 4) is 11.3 Å². The molecule has 0 unspecified atom stereocenters. The fraction of sp³-hybridized carbons (Fsp3) is 0.174. The van der Waals surface area contributed by atoms with Crippen LogP contribution in [-0.4, -0.2) is 23.3 Å². The van der Waals surface area contributed by atoms with Gasteiger partial charge in [0, 0.05) is 29.8 Å². The van der Waals surface area contributed by atoms with E-state index in [0.717, 1.165) is 34.0 Å². The minimum Gasteiger partial charge on any atom is -0.450 e. The largest absolute Gasteiger partial charge is 0.450 e. The van der Waals surface area contributed by atoms with Crippen LogP contribution in [0.5, 0.6) is 0 Å². The molecule has 2 aromatic heterocycles. The SMILES string of the molecule is CC(=O)NCCCc1ccc(-c2csc(NC(=O)c3cc4cccc(Br)c4o3)n2)cc1. The van der Waals surface area contributed by atoms with E-state index in [1.165, 1.54) is 23.8 Å². The Labute approximate surface area is 191 Å². The van der Waals surface area contributed by atoms with Crippen molar-refractivity contribution in [1.29, 1.82) is 0 Å². The number of fused-ring (bicyclic) bond motifs is 1. The molecular formula is C23H20BrN3O3S. The number of nitrogens with zero attached hydrogens (tertiary/aromatic N) is 1. The predicted octanol–water partition coefficient (Wildman–Crippen LogP) is 5.64. The van der Waals surface area contributed by atoms with Crippen molar-refractivity contribution in [3.05, 3.63) is 69.7 Å². The Morgan fingerprint density at radius 3 is 2.71 bits per heavy atom. The number of anilines is 1. The number of nitrogens with one attached hydrogen (secondary N) is 2. The maximum absolute atomic E-state index is 12.6. The summed E-state index contributed by atoms with van der Waals surface area (Å²) in [4.78, 5) is 28.0. The molecule has 2 N–H and O–H groups in total. The van der Waals surface area contributed by atoms with Gasteiger partial charge in [0.2, 0.25) is 5.91 Å². The van der Waals surface area contributed by atoms with Gasteiger partial charge in [0.25, 0.3) is 5.91 Å². The van der Waals surface area contributed by atoms with Gasteiger partial charge in [-0.15, -0.1) is 11.3 Å². The monoisotopic (exact) mass is 497 g/mol. The molecule has 2 heterocycles. The van der Waals surface area contributed by atoms with E-state index in [2.05, 4.69) is 43.7 Å². The van der Waals surface area contributed by atoms with Gasteiger partial charge < -0.3 is 9.73 Å². The van der Waals surface area contributed by atoms with E-state index in [0.29, 0.717) is 17.3 Å². The lowest BCUT2D eigenvalue weighted by Crippen LogP contribution is -2.21. The maximum Gasteiger partial charge on any atom is 0.293 e. The van der Waals surface area contributed by atoms with Gasteiger partial charge in [-0.2, -0.15) is 0 Å². The van der Waals surface area contributed by atoms with Gasteiger partial charge in [0.05, 0.1) is 10.2 Å². The average Bonchev–Trinajstić information content (AvgIpc) is 3.39. The Kier molecular flexibility index (Phi) is 6.48. The van der Waals surface area contributed by atoms with Crippen LogP contribution in [0, 0.1) is 0 Å². The number of furan rings is 1. The number of hydrogen-bond acceptors (Lipinski definition) is 5. The third-order valence-corrected chi connectivity index (χ3v) is 6.09. The number of amides is 2. The van der Waals surface area contributed by atoms with Gasteiger partial charge in [-0.1, -0.05) is 36.4 Å². The quantitative estimate of drug-likeness (QED) is 0.323. The topological polar surface area (TPSA) is 84.2 Å². The molecule has 0 saturated carbocycles. The van der Waals surface area contributed by atoms with Gasteiger partial charge in [-0.3, -0.25) is 14.9 Å². The first-order valence-corrected chi connectivity index (χ1v) is 11.5. The highest BCUT2D eigenvalue weighted by Crippen LogP contribution is 2.29. The number of carbonyl (C=O) groups is 2. The summed E-state index contributed by atoms with van der Waals surface area (Å²) in [6.07, 6.45) is 1.79. The first-order valence-electron chi connectivity index (χ1n) is 9.78. The first kappa shape index (κ1) is 21.3. The molecule has 0 aliphatic rings. The van der Waals surface area contributed by atoms with Crippen molar-refractivity contribution in [1.82, 2.24) is 10.3 Å². The third-order valence-electron chi connectivity index (χ3n) is 4.71. The lowest BCUT2D eigenvalue weighted by Gasteiger charge is -2.04. The number of benzene rings is 2. The van der Waals surface area contributed by atoms with Gasteiger partial charge in [-0.25, -0.2) is 4.98 Å². The van der Waals surface area contributed by atoms with Crippen LogP contribution in [0.4, 0.5) is 5.13 Å².